The first kappa shape index (κ1) is 19.6. The molecule has 0 radical (unpaired) electrons. The molecule has 0 spiro atoms. The maximum absolute atomic E-state index is 11.2. The number of ether oxygens (including phenoxy) is 1. The number of aliphatic hydroxyl groups is 1. The van der Waals surface area contributed by atoms with E-state index in [1.165, 1.54) is 31.3 Å². The van der Waals surface area contributed by atoms with Gasteiger partial charge < -0.3 is 9.84 Å². The highest BCUT2D eigenvalue weighted by atomic mass is 16.5. The van der Waals surface area contributed by atoms with E-state index < -0.39 is 0 Å². The van der Waals surface area contributed by atoms with Crippen LogP contribution in [-0.4, -0.2) is 10.7 Å². The van der Waals surface area contributed by atoms with E-state index in [0.717, 1.165) is 43.4 Å². The SMILES string of the molecule is CCCCC1(CCCC)C=C2OC(C)(C)[C@@H]3CCC(C)=C[C@H]3C2=C(O)C1. The predicted octanol–water partition coefficient (Wildman–Crippen LogP) is 7.23. The summed E-state index contributed by atoms with van der Waals surface area (Å²) in [5.74, 6) is 2.36. The van der Waals surface area contributed by atoms with Gasteiger partial charge in [0.2, 0.25) is 0 Å². The lowest BCUT2D eigenvalue weighted by Gasteiger charge is -2.50. The molecule has 1 aliphatic heterocycles. The number of aliphatic hydroxyl groups excluding tert-OH is 1. The summed E-state index contributed by atoms with van der Waals surface area (Å²) in [4.78, 5) is 0. The average Bonchev–Trinajstić information content (AvgIpc) is 2.57. The maximum atomic E-state index is 11.2. The molecule has 0 aromatic heterocycles. The van der Waals surface area contributed by atoms with Crippen LogP contribution in [-0.2, 0) is 4.74 Å². The van der Waals surface area contributed by atoms with E-state index in [-0.39, 0.29) is 11.0 Å². The Bertz CT molecular complexity index is 612. The van der Waals surface area contributed by atoms with E-state index in [1.807, 2.05) is 0 Å². The summed E-state index contributed by atoms with van der Waals surface area (Å²) in [6.07, 6.45) is 15.1. The molecule has 1 heterocycles. The van der Waals surface area contributed by atoms with Crippen molar-refractivity contribution < 1.29 is 9.84 Å². The number of hydrogen-bond acceptors (Lipinski definition) is 2. The Balaban J connectivity index is 2.00. The molecule has 2 heteroatoms. The molecule has 0 amide bonds. The smallest absolute Gasteiger partial charge is 0.123 e. The molecule has 146 valence electrons. The number of allylic oxidation sites excluding steroid dienone is 5. The lowest BCUT2D eigenvalue weighted by Crippen LogP contribution is -2.46. The van der Waals surface area contributed by atoms with Crippen molar-refractivity contribution in [3.05, 3.63) is 34.8 Å². The summed E-state index contributed by atoms with van der Waals surface area (Å²) in [7, 11) is 0. The van der Waals surface area contributed by atoms with Gasteiger partial charge in [0.25, 0.3) is 0 Å². The molecule has 1 N–H and O–H groups in total. The molecular formula is C24H38O2. The summed E-state index contributed by atoms with van der Waals surface area (Å²) in [5, 5.41) is 11.2. The molecule has 2 atom stereocenters. The molecular weight excluding hydrogens is 320 g/mol. The highest BCUT2D eigenvalue weighted by Crippen LogP contribution is 2.54. The predicted molar refractivity (Wildman–Crippen MR) is 109 cm³/mol. The van der Waals surface area contributed by atoms with Crippen molar-refractivity contribution in [1.29, 1.82) is 0 Å². The molecule has 3 rings (SSSR count). The molecule has 1 saturated heterocycles. The van der Waals surface area contributed by atoms with Crippen LogP contribution in [0.5, 0.6) is 0 Å². The van der Waals surface area contributed by atoms with Crippen LogP contribution in [0, 0.1) is 17.3 Å². The van der Waals surface area contributed by atoms with Gasteiger partial charge in [0.05, 0.1) is 0 Å². The van der Waals surface area contributed by atoms with Crippen LogP contribution >= 0.6 is 0 Å². The first-order valence-corrected chi connectivity index (χ1v) is 10.8. The molecule has 0 aromatic rings. The van der Waals surface area contributed by atoms with Gasteiger partial charge in [-0.05, 0) is 57.9 Å². The quantitative estimate of drug-likeness (QED) is 0.507. The number of unbranched alkanes of at least 4 members (excludes halogenated alkanes) is 2. The third-order valence-corrected chi connectivity index (χ3v) is 6.94. The Morgan fingerprint density at radius 1 is 1.15 bits per heavy atom. The van der Waals surface area contributed by atoms with Crippen LogP contribution in [0.25, 0.3) is 0 Å². The van der Waals surface area contributed by atoms with Crippen LogP contribution < -0.4 is 0 Å². The van der Waals surface area contributed by atoms with Gasteiger partial charge in [0.1, 0.15) is 17.1 Å². The van der Waals surface area contributed by atoms with E-state index >= 15 is 0 Å². The zero-order chi connectivity index (χ0) is 18.9. The number of fused-ring (bicyclic) bond motifs is 3. The Morgan fingerprint density at radius 3 is 2.42 bits per heavy atom. The first-order chi connectivity index (χ1) is 12.3. The van der Waals surface area contributed by atoms with E-state index in [9.17, 15) is 5.11 Å². The normalized spacial score (nSPS) is 29.3. The molecule has 2 aliphatic carbocycles. The first-order valence-electron chi connectivity index (χ1n) is 10.8. The Morgan fingerprint density at radius 2 is 1.81 bits per heavy atom. The highest BCUT2D eigenvalue weighted by Gasteiger charge is 2.49. The Kier molecular flexibility index (Phi) is 5.61. The fourth-order valence-corrected chi connectivity index (χ4v) is 5.42. The molecule has 1 fully saturated rings. The lowest BCUT2D eigenvalue weighted by molar-refractivity contribution is -0.0582. The second-order valence-corrected chi connectivity index (χ2v) is 9.50. The van der Waals surface area contributed by atoms with Gasteiger partial charge in [-0.3, -0.25) is 0 Å². The fourth-order valence-electron chi connectivity index (χ4n) is 5.42. The van der Waals surface area contributed by atoms with E-state index in [0.29, 0.717) is 17.6 Å². The summed E-state index contributed by atoms with van der Waals surface area (Å²) in [5.41, 5.74) is 2.45. The molecule has 0 aromatic carbocycles. The van der Waals surface area contributed by atoms with Crippen molar-refractivity contribution in [2.45, 2.75) is 98.0 Å². The minimum Gasteiger partial charge on any atom is -0.512 e. The van der Waals surface area contributed by atoms with Gasteiger partial charge in [-0.1, -0.05) is 51.2 Å². The van der Waals surface area contributed by atoms with Crippen LogP contribution in [0.15, 0.2) is 34.8 Å². The minimum absolute atomic E-state index is 0.0747. The Labute approximate surface area is 160 Å². The zero-order valence-corrected chi connectivity index (χ0v) is 17.5. The van der Waals surface area contributed by atoms with Crippen LogP contribution in [0.1, 0.15) is 92.4 Å². The summed E-state index contributed by atoms with van der Waals surface area (Å²) in [6, 6.07) is 0. The fraction of sp³-hybridized carbons (Fsp3) is 0.750. The van der Waals surface area contributed by atoms with Crippen molar-refractivity contribution in [3.8, 4) is 0 Å². The highest BCUT2D eigenvalue weighted by molar-refractivity contribution is 5.43. The van der Waals surface area contributed by atoms with Crippen molar-refractivity contribution in [2.24, 2.45) is 17.3 Å². The number of rotatable bonds is 6. The summed E-state index contributed by atoms with van der Waals surface area (Å²) >= 11 is 0. The van der Waals surface area contributed by atoms with E-state index in [4.69, 9.17) is 4.74 Å². The summed E-state index contributed by atoms with van der Waals surface area (Å²) < 4.78 is 6.58. The van der Waals surface area contributed by atoms with Gasteiger partial charge in [-0.15, -0.1) is 0 Å². The molecule has 0 unspecified atom stereocenters. The van der Waals surface area contributed by atoms with Crippen molar-refractivity contribution in [2.75, 3.05) is 0 Å². The third kappa shape index (κ3) is 3.62. The van der Waals surface area contributed by atoms with Crippen molar-refractivity contribution in [1.82, 2.24) is 0 Å². The average molecular weight is 359 g/mol. The topological polar surface area (TPSA) is 29.5 Å². The number of hydrogen-bond donors (Lipinski definition) is 1. The van der Waals surface area contributed by atoms with Crippen molar-refractivity contribution >= 4 is 0 Å². The van der Waals surface area contributed by atoms with Crippen molar-refractivity contribution in [3.63, 3.8) is 0 Å². The van der Waals surface area contributed by atoms with Crippen LogP contribution in [0.3, 0.4) is 0 Å². The van der Waals surface area contributed by atoms with Gasteiger partial charge >= 0.3 is 0 Å². The van der Waals surface area contributed by atoms with Gasteiger partial charge in [-0.2, -0.15) is 0 Å². The third-order valence-electron chi connectivity index (χ3n) is 6.94. The molecule has 26 heavy (non-hydrogen) atoms. The molecule has 2 nitrogen and oxygen atoms in total. The van der Waals surface area contributed by atoms with Gasteiger partial charge in [0, 0.05) is 23.8 Å². The zero-order valence-electron chi connectivity index (χ0n) is 17.5. The maximum Gasteiger partial charge on any atom is 0.123 e. The minimum atomic E-state index is -0.171. The summed E-state index contributed by atoms with van der Waals surface area (Å²) in [6.45, 7) is 11.2. The second-order valence-electron chi connectivity index (χ2n) is 9.50. The van der Waals surface area contributed by atoms with E-state index in [2.05, 4.69) is 46.8 Å². The van der Waals surface area contributed by atoms with Gasteiger partial charge in [0.15, 0.2) is 0 Å². The Hall–Kier alpha value is -1.18. The molecule has 3 aliphatic rings. The van der Waals surface area contributed by atoms with Crippen LogP contribution in [0.4, 0.5) is 0 Å². The molecule has 0 bridgehead atoms. The monoisotopic (exact) mass is 358 g/mol. The van der Waals surface area contributed by atoms with Crippen LogP contribution in [0.2, 0.25) is 0 Å². The largest absolute Gasteiger partial charge is 0.512 e. The lowest BCUT2D eigenvalue weighted by atomic mass is 9.63. The van der Waals surface area contributed by atoms with E-state index in [1.54, 1.807) is 0 Å². The van der Waals surface area contributed by atoms with Gasteiger partial charge in [-0.25, -0.2) is 0 Å². The standard InChI is InChI=1S/C24H38O2/c1-6-8-12-24(13-9-7-2)15-20(25)22-18-14-17(3)10-11-19(18)23(4,5)26-21(22)16-24/h14,16,18-19,25H,6-13,15H2,1-5H3/t18-,19-/m1/s1. The molecule has 0 saturated carbocycles. The second kappa shape index (κ2) is 7.44.